The van der Waals surface area contributed by atoms with Crippen molar-refractivity contribution >= 4 is 10.0 Å². The molecule has 0 aliphatic carbocycles. The number of hydrogen-bond acceptors (Lipinski definition) is 4. The van der Waals surface area contributed by atoms with Crippen LogP contribution < -0.4 is 14.2 Å². The maximum absolute atomic E-state index is 12.2. The number of ether oxygens (including phenoxy) is 2. The van der Waals surface area contributed by atoms with E-state index < -0.39 is 10.0 Å². The summed E-state index contributed by atoms with van der Waals surface area (Å²) in [5.74, 6) is 1.49. The average Bonchev–Trinajstić information content (AvgIpc) is 2.60. The summed E-state index contributed by atoms with van der Waals surface area (Å²) in [4.78, 5) is 0.234. The van der Waals surface area contributed by atoms with Crippen molar-refractivity contribution in [2.75, 3.05) is 20.3 Å². The first-order chi connectivity index (χ1) is 11.6. The molecule has 130 valence electrons. The van der Waals surface area contributed by atoms with E-state index in [0.29, 0.717) is 25.3 Å². The average molecular weight is 349 g/mol. The Kier molecular flexibility index (Phi) is 6.63. The van der Waals surface area contributed by atoms with Gasteiger partial charge in [0.2, 0.25) is 10.0 Å². The summed E-state index contributed by atoms with van der Waals surface area (Å²) < 4.78 is 37.7. The van der Waals surface area contributed by atoms with E-state index in [1.807, 2.05) is 31.2 Å². The molecule has 6 heteroatoms. The van der Waals surface area contributed by atoms with Crippen molar-refractivity contribution in [1.82, 2.24) is 4.72 Å². The molecule has 0 fully saturated rings. The summed E-state index contributed by atoms with van der Waals surface area (Å²) >= 11 is 0. The highest BCUT2D eigenvalue weighted by atomic mass is 32.2. The number of aryl methyl sites for hydroxylation is 1. The normalized spacial score (nSPS) is 11.2. The minimum absolute atomic E-state index is 0.234. The molecule has 2 aromatic carbocycles. The zero-order valence-corrected chi connectivity index (χ0v) is 14.8. The first-order valence-electron chi connectivity index (χ1n) is 7.91. The second-order valence-electron chi connectivity index (χ2n) is 5.22. The fraction of sp³-hybridized carbons (Fsp3) is 0.333. The van der Waals surface area contributed by atoms with E-state index in [4.69, 9.17) is 9.47 Å². The number of para-hydroxylation sites is 1. The minimum Gasteiger partial charge on any atom is -0.497 e. The molecule has 0 aromatic heterocycles. The monoisotopic (exact) mass is 349 g/mol. The summed E-state index contributed by atoms with van der Waals surface area (Å²) in [7, 11) is -1.95. The van der Waals surface area contributed by atoms with E-state index in [0.717, 1.165) is 17.7 Å². The van der Waals surface area contributed by atoms with Gasteiger partial charge in [0.05, 0.1) is 18.6 Å². The number of nitrogens with one attached hydrogen (secondary N) is 1. The molecule has 0 aliphatic heterocycles. The lowest BCUT2D eigenvalue weighted by Gasteiger charge is -2.10. The molecule has 0 atom stereocenters. The molecular weight excluding hydrogens is 326 g/mol. The van der Waals surface area contributed by atoms with Crippen LogP contribution in [0.2, 0.25) is 0 Å². The molecule has 1 N–H and O–H groups in total. The van der Waals surface area contributed by atoms with Crippen molar-refractivity contribution in [2.24, 2.45) is 0 Å². The third-order valence-corrected chi connectivity index (χ3v) is 5.03. The molecule has 0 unspecified atom stereocenters. The minimum atomic E-state index is -3.50. The van der Waals surface area contributed by atoms with E-state index in [-0.39, 0.29) is 4.90 Å². The van der Waals surface area contributed by atoms with Crippen LogP contribution in [0, 0.1) is 0 Å². The lowest BCUT2D eigenvalue weighted by atomic mass is 10.1. The van der Waals surface area contributed by atoms with Crippen molar-refractivity contribution in [1.29, 1.82) is 0 Å². The Hall–Kier alpha value is -2.05. The highest BCUT2D eigenvalue weighted by Gasteiger charge is 2.13. The van der Waals surface area contributed by atoms with Crippen LogP contribution in [-0.4, -0.2) is 28.7 Å². The second kappa shape index (κ2) is 8.70. The smallest absolute Gasteiger partial charge is 0.240 e. The highest BCUT2D eigenvalue weighted by molar-refractivity contribution is 7.89. The van der Waals surface area contributed by atoms with E-state index >= 15 is 0 Å². The molecule has 0 heterocycles. The number of hydrogen-bond donors (Lipinski definition) is 1. The van der Waals surface area contributed by atoms with Crippen LogP contribution >= 0.6 is 0 Å². The summed E-state index contributed by atoms with van der Waals surface area (Å²) in [6, 6.07) is 14.2. The fourth-order valence-corrected chi connectivity index (χ4v) is 3.40. The van der Waals surface area contributed by atoms with Gasteiger partial charge < -0.3 is 9.47 Å². The molecular formula is C18H23NO4S. The quantitative estimate of drug-likeness (QED) is 0.707. The van der Waals surface area contributed by atoms with Gasteiger partial charge in [-0.2, -0.15) is 0 Å². The topological polar surface area (TPSA) is 64.6 Å². The zero-order valence-electron chi connectivity index (χ0n) is 14.0. The molecule has 0 saturated carbocycles. The highest BCUT2D eigenvalue weighted by Crippen LogP contribution is 2.19. The van der Waals surface area contributed by atoms with Crippen LogP contribution in [-0.2, 0) is 16.4 Å². The summed E-state index contributed by atoms with van der Waals surface area (Å²) in [6.45, 7) is 2.93. The Morgan fingerprint density at radius 3 is 2.42 bits per heavy atom. The van der Waals surface area contributed by atoms with Crippen molar-refractivity contribution in [3.8, 4) is 11.5 Å². The fourth-order valence-electron chi connectivity index (χ4n) is 2.33. The van der Waals surface area contributed by atoms with Gasteiger partial charge in [0.1, 0.15) is 11.5 Å². The molecule has 0 saturated heterocycles. The number of benzene rings is 2. The number of sulfonamides is 1. The Bertz CT molecular complexity index is 742. The van der Waals surface area contributed by atoms with Gasteiger partial charge in [0.25, 0.3) is 0 Å². The van der Waals surface area contributed by atoms with E-state index in [2.05, 4.69) is 4.72 Å². The van der Waals surface area contributed by atoms with Gasteiger partial charge in [-0.25, -0.2) is 13.1 Å². The van der Waals surface area contributed by atoms with E-state index in [1.165, 1.54) is 12.1 Å². The Balaban J connectivity index is 1.89. The van der Waals surface area contributed by atoms with Crippen LogP contribution in [0.4, 0.5) is 0 Å². The molecule has 0 spiro atoms. The van der Waals surface area contributed by atoms with Crippen molar-refractivity contribution in [3.05, 3.63) is 54.1 Å². The number of rotatable bonds is 9. The van der Waals surface area contributed by atoms with Crippen LogP contribution in [0.5, 0.6) is 11.5 Å². The van der Waals surface area contributed by atoms with Crippen molar-refractivity contribution in [3.63, 3.8) is 0 Å². The zero-order chi connectivity index (χ0) is 17.4. The maximum Gasteiger partial charge on any atom is 0.240 e. The third kappa shape index (κ3) is 4.97. The van der Waals surface area contributed by atoms with Gasteiger partial charge in [-0.3, -0.25) is 0 Å². The SMILES string of the molecule is CCOc1ccccc1CCCNS(=O)(=O)c1ccc(OC)cc1. The summed E-state index contributed by atoms with van der Waals surface area (Å²) in [5, 5.41) is 0. The molecule has 2 rings (SSSR count). The molecule has 0 amide bonds. The molecule has 0 aliphatic rings. The number of methoxy groups -OCH3 is 1. The standard InChI is InChI=1S/C18H23NO4S/c1-3-23-18-9-5-4-7-15(18)8-6-14-19-24(20,21)17-12-10-16(22-2)11-13-17/h4-5,7,9-13,19H,3,6,8,14H2,1-2H3. The molecule has 0 radical (unpaired) electrons. The van der Waals surface area contributed by atoms with Crippen LogP contribution in [0.1, 0.15) is 18.9 Å². The predicted molar refractivity (Wildman–Crippen MR) is 94.1 cm³/mol. The molecule has 0 bridgehead atoms. The third-order valence-electron chi connectivity index (χ3n) is 3.56. The van der Waals surface area contributed by atoms with Crippen molar-refractivity contribution in [2.45, 2.75) is 24.7 Å². The largest absolute Gasteiger partial charge is 0.497 e. The van der Waals surface area contributed by atoms with Crippen LogP contribution in [0.3, 0.4) is 0 Å². The van der Waals surface area contributed by atoms with Gasteiger partial charge in [-0.1, -0.05) is 18.2 Å². The predicted octanol–water partition coefficient (Wildman–Crippen LogP) is 3.01. The van der Waals surface area contributed by atoms with Gasteiger partial charge in [-0.05, 0) is 55.7 Å². The molecule has 2 aromatic rings. The van der Waals surface area contributed by atoms with Gasteiger partial charge in [-0.15, -0.1) is 0 Å². The van der Waals surface area contributed by atoms with Gasteiger partial charge in [0.15, 0.2) is 0 Å². The summed E-state index contributed by atoms with van der Waals surface area (Å²) in [5.41, 5.74) is 1.09. The van der Waals surface area contributed by atoms with Crippen LogP contribution in [0.15, 0.2) is 53.4 Å². The van der Waals surface area contributed by atoms with E-state index in [9.17, 15) is 8.42 Å². The molecule has 24 heavy (non-hydrogen) atoms. The van der Waals surface area contributed by atoms with Gasteiger partial charge >= 0.3 is 0 Å². The van der Waals surface area contributed by atoms with Crippen LogP contribution in [0.25, 0.3) is 0 Å². The van der Waals surface area contributed by atoms with E-state index in [1.54, 1.807) is 19.2 Å². The lowest BCUT2D eigenvalue weighted by Crippen LogP contribution is -2.25. The maximum atomic E-state index is 12.2. The lowest BCUT2D eigenvalue weighted by molar-refractivity contribution is 0.336. The van der Waals surface area contributed by atoms with Crippen molar-refractivity contribution < 1.29 is 17.9 Å². The molecule has 5 nitrogen and oxygen atoms in total. The second-order valence-corrected chi connectivity index (χ2v) is 6.98. The first kappa shape index (κ1) is 18.3. The Morgan fingerprint density at radius 1 is 1.04 bits per heavy atom. The Morgan fingerprint density at radius 2 is 1.75 bits per heavy atom. The Labute approximate surface area is 143 Å². The van der Waals surface area contributed by atoms with Gasteiger partial charge in [0, 0.05) is 6.54 Å². The first-order valence-corrected chi connectivity index (χ1v) is 9.39. The summed E-state index contributed by atoms with van der Waals surface area (Å²) in [6.07, 6.45) is 1.45.